The summed E-state index contributed by atoms with van der Waals surface area (Å²) in [6.45, 7) is 5.28. The molecule has 0 unspecified atom stereocenters. The molecule has 3 rings (SSSR count). The van der Waals surface area contributed by atoms with Gasteiger partial charge in [-0.3, -0.25) is 4.79 Å². The van der Waals surface area contributed by atoms with Gasteiger partial charge in [-0.25, -0.2) is 8.42 Å². The lowest BCUT2D eigenvalue weighted by atomic mass is 10.1. The lowest BCUT2D eigenvalue weighted by molar-refractivity contribution is -0.128. The predicted molar refractivity (Wildman–Crippen MR) is 124 cm³/mol. The summed E-state index contributed by atoms with van der Waals surface area (Å²) in [5.41, 5.74) is 1.96. The molecule has 168 valence electrons. The Labute approximate surface area is 186 Å². The highest BCUT2D eigenvalue weighted by atomic mass is 32.2. The maximum Gasteiger partial charge on any atom is 0.247 e. The van der Waals surface area contributed by atoms with Crippen LogP contribution in [-0.4, -0.2) is 47.7 Å². The fourth-order valence-electron chi connectivity index (χ4n) is 4.23. The van der Waals surface area contributed by atoms with Crippen molar-refractivity contribution in [2.24, 2.45) is 7.05 Å². The van der Waals surface area contributed by atoms with Crippen molar-refractivity contribution in [1.29, 1.82) is 0 Å². The van der Waals surface area contributed by atoms with E-state index in [0.29, 0.717) is 13.1 Å². The van der Waals surface area contributed by atoms with Gasteiger partial charge in [0.15, 0.2) is 0 Å². The first-order valence-electron chi connectivity index (χ1n) is 11.1. The number of hydrogen-bond donors (Lipinski definition) is 0. The molecule has 1 amide bonds. The Kier molecular flexibility index (Phi) is 7.73. The largest absolute Gasteiger partial charge is 0.353 e. The number of aryl methyl sites for hydroxylation is 1. The van der Waals surface area contributed by atoms with Crippen LogP contribution < -0.4 is 0 Å². The van der Waals surface area contributed by atoms with Gasteiger partial charge in [0.2, 0.25) is 15.9 Å². The van der Waals surface area contributed by atoms with E-state index in [-0.39, 0.29) is 16.8 Å². The van der Waals surface area contributed by atoms with Crippen LogP contribution in [0.25, 0.3) is 6.08 Å². The average Bonchev–Trinajstić information content (AvgIpc) is 3.04. The second kappa shape index (κ2) is 10.3. The Morgan fingerprint density at radius 2 is 1.81 bits per heavy atom. The predicted octanol–water partition coefficient (Wildman–Crippen LogP) is 4.21. The van der Waals surface area contributed by atoms with Gasteiger partial charge in [-0.05, 0) is 48.7 Å². The number of carbonyl (C=O) groups is 1. The number of amides is 1. The van der Waals surface area contributed by atoms with Crippen LogP contribution in [0.5, 0.6) is 0 Å². The smallest absolute Gasteiger partial charge is 0.247 e. The fourth-order valence-corrected chi connectivity index (χ4v) is 5.68. The molecule has 1 aliphatic heterocycles. The van der Waals surface area contributed by atoms with Crippen LogP contribution in [0.4, 0.5) is 0 Å². The van der Waals surface area contributed by atoms with Crippen molar-refractivity contribution >= 4 is 22.0 Å². The van der Waals surface area contributed by atoms with Gasteiger partial charge in [0.05, 0.1) is 10.9 Å². The summed E-state index contributed by atoms with van der Waals surface area (Å²) in [6.07, 6.45) is 9.63. The second-order valence-electron chi connectivity index (χ2n) is 7.93. The average molecular weight is 444 g/mol. The van der Waals surface area contributed by atoms with Crippen molar-refractivity contribution < 1.29 is 13.2 Å². The standard InChI is InChI=1S/C24H33N3O3S/c1-4-26(5-2)31(29,30)21-15-12-20(13-16-21)14-17-24(28)27-19-8-6-7-10-23(27)22-11-9-18-25(22)3/h9,11-18,23H,4-8,10,19H2,1-3H3/b17-14+/t23-/m0/s1. The highest BCUT2D eigenvalue weighted by Gasteiger charge is 2.27. The molecule has 6 nitrogen and oxygen atoms in total. The minimum Gasteiger partial charge on any atom is -0.353 e. The summed E-state index contributed by atoms with van der Waals surface area (Å²) in [5, 5.41) is 0. The van der Waals surface area contributed by atoms with Crippen LogP contribution in [0.3, 0.4) is 0 Å². The molecule has 2 aromatic rings. The van der Waals surface area contributed by atoms with Gasteiger partial charge in [0.1, 0.15) is 0 Å². The Morgan fingerprint density at radius 1 is 1.10 bits per heavy atom. The van der Waals surface area contributed by atoms with E-state index >= 15 is 0 Å². The zero-order chi connectivity index (χ0) is 22.4. The molecular formula is C24H33N3O3S. The maximum absolute atomic E-state index is 13.1. The number of benzene rings is 1. The maximum atomic E-state index is 13.1. The minimum absolute atomic E-state index is 0.00654. The molecule has 1 atom stereocenters. The minimum atomic E-state index is -3.48. The van der Waals surface area contributed by atoms with Crippen LogP contribution in [-0.2, 0) is 21.9 Å². The number of nitrogens with zero attached hydrogens (tertiary/aromatic N) is 3. The van der Waals surface area contributed by atoms with Crippen molar-refractivity contribution in [1.82, 2.24) is 13.8 Å². The van der Waals surface area contributed by atoms with Crippen LogP contribution in [0.15, 0.2) is 53.6 Å². The fraction of sp³-hybridized carbons (Fsp3) is 0.458. The zero-order valence-corrected chi connectivity index (χ0v) is 19.5. The van der Waals surface area contributed by atoms with E-state index in [9.17, 15) is 13.2 Å². The summed E-state index contributed by atoms with van der Waals surface area (Å²) in [6, 6.07) is 10.9. The molecule has 7 heteroatoms. The highest BCUT2D eigenvalue weighted by molar-refractivity contribution is 7.89. The van der Waals surface area contributed by atoms with Crippen molar-refractivity contribution in [2.45, 2.75) is 50.5 Å². The highest BCUT2D eigenvalue weighted by Crippen LogP contribution is 2.30. The summed E-state index contributed by atoms with van der Waals surface area (Å²) in [5.74, 6) is -0.00654. The second-order valence-corrected chi connectivity index (χ2v) is 9.87. The summed E-state index contributed by atoms with van der Waals surface area (Å²) >= 11 is 0. The summed E-state index contributed by atoms with van der Waals surface area (Å²) < 4.78 is 28.8. The van der Waals surface area contributed by atoms with Crippen LogP contribution in [0.2, 0.25) is 0 Å². The molecule has 1 saturated heterocycles. The molecule has 1 fully saturated rings. The molecule has 2 heterocycles. The first-order chi connectivity index (χ1) is 14.9. The number of sulfonamides is 1. The number of aromatic nitrogens is 1. The third kappa shape index (κ3) is 5.28. The van der Waals surface area contributed by atoms with Gasteiger partial charge in [-0.1, -0.05) is 38.8 Å². The molecule has 1 aliphatic rings. The molecule has 0 bridgehead atoms. The zero-order valence-electron chi connectivity index (χ0n) is 18.7. The van der Waals surface area contributed by atoms with Gasteiger partial charge >= 0.3 is 0 Å². The molecule has 0 aliphatic carbocycles. The van der Waals surface area contributed by atoms with Crippen LogP contribution in [0, 0.1) is 0 Å². The molecule has 0 N–H and O–H groups in total. The molecular weight excluding hydrogens is 410 g/mol. The topological polar surface area (TPSA) is 62.6 Å². The van der Waals surface area contributed by atoms with E-state index in [1.165, 1.54) is 4.31 Å². The molecule has 0 radical (unpaired) electrons. The lowest BCUT2D eigenvalue weighted by Gasteiger charge is -2.29. The Balaban J connectivity index is 1.76. The van der Waals surface area contributed by atoms with Crippen LogP contribution >= 0.6 is 0 Å². The van der Waals surface area contributed by atoms with E-state index in [1.54, 1.807) is 36.4 Å². The number of hydrogen-bond acceptors (Lipinski definition) is 3. The van der Waals surface area contributed by atoms with E-state index in [1.807, 2.05) is 38.1 Å². The van der Waals surface area contributed by atoms with Crippen molar-refractivity contribution in [2.75, 3.05) is 19.6 Å². The monoisotopic (exact) mass is 443 g/mol. The molecule has 0 saturated carbocycles. The van der Waals surface area contributed by atoms with E-state index < -0.39 is 10.0 Å². The number of rotatable bonds is 7. The number of carbonyl (C=O) groups excluding carboxylic acids is 1. The molecule has 31 heavy (non-hydrogen) atoms. The van der Waals surface area contributed by atoms with E-state index in [4.69, 9.17) is 0 Å². The van der Waals surface area contributed by atoms with Gasteiger partial charge < -0.3 is 9.47 Å². The molecule has 1 aromatic heterocycles. The SMILES string of the molecule is CCN(CC)S(=O)(=O)c1ccc(/C=C/C(=O)N2CCCCC[C@H]2c2cccn2C)cc1. The molecule has 1 aromatic carbocycles. The third-order valence-electron chi connectivity index (χ3n) is 6.00. The summed E-state index contributed by atoms with van der Waals surface area (Å²) in [4.78, 5) is 15.3. The lowest BCUT2D eigenvalue weighted by Crippen LogP contribution is -2.34. The van der Waals surface area contributed by atoms with Gasteiger partial charge in [0, 0.05) is 44.6 Å². The van der Waals surface area contributed by atoms with E-state index in [0.717, 1.165) is 43.5 Å². The molecule has 0 spiro atoms. The third-order valence-corrected chi connectivity index (χ3v) is 8.07. The van der Waals surface area contributed by atoms with E-state index in [2.05, 4.69) is 10.6 Å². The quantitative estimate of drug-likeness (QED) is 0.602. The van der Waals surface area contributed by atoms with Crippen molar-refractivity contribution in [3.8, 4) is 0 Å². The first-order valence-corrected chi connectivity index (χ1v) is 12.5. The Bertz CT molecular complexity index is 1000. The Hall–Kier alpha value is -2.38. The summed E-state index contributed by atoms with van der Waals surface area (Å²) in [7, 11) is -1.45. The van der Waals surface area contributed by atoms with Gasteiger partial charge in [-0.15, -0.1) is 0 Å². The van der Waals surface area contributed by atoms with Crippen LogP contribution in [0.1, 0.15) is 56.8 Å². The first kappa shape index (κ1) is 23.3. The Morgan fingerprint density at radius 3 is 2.42 bits per heavy atom. The number of likely N-dealkylation sites (tertiary alicyclic amines) is 1. The van der Waals surface area contributed by atoms with Gasteiger partial charge in [0.25, 0.3) is 0 Å². The van der Waals surface area contributed by atoms with Gasteiger partial charge in [-0.2, -0.15) is 4.31 Å². The van der Waals surface area contributed by atoms with Crippen molar-refractivity contribution in [3.63, 3.8) is 0 Å². The normalized spacial score (nSPS) is 17.9. The van der Waals surface area contributed by atoms with Crippen molar-refractivity contribution in [3.05, 3.63) is 59.9 Å².